The fourth-order valence-corrected chi connectivity index (χ4v) is 9.46. The van der Waals surface area contributed by atoms with Crippen molar-refractivity contribution in [1.29, 1.82) is 0 Å². The lowest BCUT2D eigenvalue weighted by molar-refractivity contribution is -0.00456. The molecule has 0 atom stereocenters. The smallest absolute Gasteiger partial charge is 0.200 e. The van der Waals surface area contributed by atoms with Crippen molar-refractivity contribution in [2.45, 2.75) is 89.5 Å². The monoisotopic (exact) mass is 272 g/mol. The molecule has 1 aliphatic carbocycles. The van der Waals surface area contributed by atoms with Crippen LogP contribution < -0.4 is 0 Å². The second-order valence-electron chi connectivity index (χ2n) is 7.04. The maximum Gasteiger partial charge on any atom is 0.200 e. The summed E-state index contributed by atoms with van der Waals surface area (Å²) < 4.78 is 6.49. The average molecular weight is 273 g/mol. The highest BCUT2D eigenvalue weighted by atomic mass is 28.4. The molecule has 3 heteroatoms. The standard InChI is InChI=1S/C15H32O2Si/c1-12(2)18(13(3)4,14(5)6)17-11-15(16)9-7-8-10-15/h12-14,16H,7-11H2,1-6H3. The molecule has 1 N–H and O–H groups in total. The second-order valence-corrected chi connectivity index (χ2v) is 12.5. The van der Waals surface area contributed by atoms with Crippen molar-refractivity contribution in [3.63, 3.8) is 0 Å². The lowest BCUT2D eigenvalue weighted by atomic mass is 10.1. The van der Waals surface area contributed by atoms with Crippen LogP contribution >= 0.6 is 0 Å². The summed E-state index contributed by atoms with van der Waals surface area (Å²) in [6.07, 6.45) is 4.15. The van der Waals surface area contributed by atoms with Crippen LogP contribution in [-0.2, 0) is 4.43 Å². The van der Waals surface area contributed by atoms with Gasteiger partial charge in [0, 0.05) is 0 Å². The summed E-state index contributed by atoms with van der Waals surface area (Å²) in [7, 11) is -1.80. The summed E-state index contributed by atoms with van der Waals surface area (Å²) in [6.45, 7) is 14.3. The minimum Gasteiger partial charge on any atom is -0.413 e. The van der Waals surface area contributed by atoms with Crippen LogP contribution in [0, 0.1) is 0 Å². The summed E-state index contributed by atoms with van der Waals surface area (Å²) in [4.78, 5) is 0. The van der Waals surface area contributed by atoms with Crippen LogP contribution in [0.3, 0.4) is 0 Å². The largest absolute Gasteiger partial charge is 0.413 e. The Bertz CT molecular complexity index is 233. The second kappa shape index (κ2) is 6.06. The van der Waals surface area contributed by atoms with Crippen molar-refractivity contribution in [1.82, 2.24) is 0 Å². The summed E-state index contributed by atoms with van der Waals surface area (Å²) in [6, 6.07) is 0. The number of aliphatic hydroxyl groups is 1. The lowest BCUT2D eigenvalue weighted by Gasteiger charge is -2.43. The first-order valence-corrected chi connectivity index (χ1v) is 9.75. The maximum absolute atomic E-state index is 10.5. The van der Waals surface area contributed by atoms with Gasteiger partial charge in [0.1, 0.15) is 0 Å². The van der Waals surface area contributed by atoms with Crippen LogP contribution in [0.5, 0.6) is 0 Å². The molecule has 0 amide bonds. The molecular weight excluding hydrogens is 240 g/mol. The highest BCUT2D eigenvalue weighted by Crippen LogP contribution is 2.43. The van der Waals surface area contributed by atoms with Gasteiger partial charge in [-0.05, 0) is 29.5 Å². The molecule has 0 bridgehead atoms. The zero-order chi connectivity index (χ0) is 14.0. The van der Waals surface area contributed by atoms with Crippen molar-refractivity contribution in [3.05, 3.63) is 0 Å². The van der Waals surface area contributed by atoms with Gasteiger partial charge in [0.05, 0.1) is 12.2 Å². The summed E-state index contributed by atoms with van der Waals surface area (Å²) in [5.41, 5.74) is 1.27. The summed E-state index contributed by atoms with van der Waals surface area (Å²) >= 11 is 0. The molecule has 0 spiro atoms. The normalized spacial score (nSPS) is 20.3. The SMILES string of the molecule is CC(C)[Si](OCC1(O)CCCC1)(C(C)C)C(C)C. The molecule has 0 aromatic heterocycles. The number of rotatable bonds is 6. The van der Waals surface area contributed by atoms with Gasteiger partial charge in [0.15, 0.2) is 8.32 Å². The van der Waals surface area contributed by atoms with Gasteiger partial charge in [-0.1, -0.05) is 54.4 Å². The highest BCUT2D eigenvalue weighted by Gasteiger charge is 2.46. The third kappa shape index (κ3) is 3.17. The van der Waals surface area contributed by atoms with E-state index in [0.29, 0.717) is 23.2 Å². The zero-order valence-corrected chi connectivity index (χ0v) is 14.1. The Morgan fingerprint density at radius 2 is 1.33 bits per heavy atom. The molecule has 0 radical (unpaired) electrons. The fourth-order valence-electron chi connectivity index (χ4n) is 3.94. The first-order valence-electron chi connectivity index (χ1n) is 7.61. The zero-order valence-electron chi connectivity index (χ0n) is 13.1. The van der Waals surface area contributed by atoms with E-state index in [9.17, 15) is 5.11 Å². The fraction of sp³-hybridized carbons (Fsp3) is 1.00. The van der Waals surface area contributed by atoms with Gasteiger partial charge in [0.25, 0.3) is 0 Å². The predicted molar refractivity (Wildman–Crippen MR) is 80.4 cm³/mol. The third-order valence-electron chi connectivity index (χ3n) is 4.83. The van der Waals surface area contributed by atoms with Crippen molar-refractivity contribution in [3.8, 4) is 0 Å². The Morgan fingerprint density at radius 3 is 1.67 bits per heavy atom. The van der Waals surface area contributed by atoms with Crippen LogP contribution in [0.4, 0.5) is 0 Å². The van der Waals surface area contributed by atoms with E-state index in [1.807, 2.05) is 0 Å². The molecule has 0 aliphatic heterocycles. The Kier molecular flexibility index (Phi) is 5.45. The van der Waals surface area contributed by atoms with Crippen LogP contribution in [0.1, 0.15) is 67.2 Å². The number of hydrogen-bond acceptors (Lipinski definition) is 2. The van der Waals surface area contributed by atoms with E-state index in [4.69, 9.17) is 4.43 Å². The van der Waals surface area contributed by atoms with Gasteiger partial charge in [-0.25, -0.2) is 0 Å². The molecule has 0 aromatic carbocycles. The van der Waals surface area contributed by atoms with Gasteiger partial charge in [-0.3, -0.25) is 0 Å². The molecule has 1 fully saturated rings. The Balaban J connectivity index is 2.78. The molecule has 1 saturated carbocycles. The minimum absolute atomic E-state index is 0.531. The van der Waals surface area contributed by atoms with Crippen LogP contribution in [0.15, 0.2) is 0 Å². The van der Waals surface area contributed by atoms with Gasteiger partial charge in [-0.15, -0.1) is 0 Å². The molecule has 0 unspecified atom stereocenters. The predicted octanol–water partition coefficient (Wildman–Crippen LogP) is 4.48. The van der Waals surface area contributed by atoms with Crippen LogP contribution in [0.25, 0.3) is 0 Å². The Hall–Kier alpha value is 0.137. The van der Waals surface area contributed by atoms with Crippen molar-refractivity contribution in [2.24, 2.45) is 0 Å². The Morgan fingerprint density at radius 1 is 0.944 bits per heavy atom. The topological polar surface area (TPSA) is 29.5 Å². The van der Waals surface area contributed by atoms with E-state index < -0.39 is 13.9 Å². The summed E-state index contributed by atoms with van der Waals surface area (Å²) in [5.74, 6) is 0. The van der Waals surface area contributed by atoms with E-state index in [2.05, 4.69) is 41.5 Å². The van der Waals surface area contributed by atoms with Crippen molar-refractivity contribution < 1.29 is 9.53 Å². The van der Waals surface area contributed by atoms with Gasteiger partial charge in [-0.2, -0.15) is 0 Å². The molecule has 0 aromatic rings. The quantitative estimate of drug-likeness (QED) is 0.722. The number of hydrogen-bond donors (Lipinski definition) is 1. The molecule has 1 aliphatic rings. The van der Waals surface area contributed by atoms with E-state index in [1.54, 1.807) is 0 Å². The molecule has 108 valence electrons. The maximum atomic E-state index is 10.5. The van der Waals surface area contributed by atoms with E-state index in [0.717, 1.165) is 25.7 Å². The highest BCUT2D eigenvalue weighted by molar-refractivity contribution is 6.77. The summed E-state index contributed by atoms with van der Waals surface area (Å²) in [5, 5.41) is 10.5. The van der Waals surface area contributed by atoms with E-state index >= 15 is 0 Å². The van der Waals surface area contributed by atoms with Crippen molar-refractivity contribution in [2.75, 3.05) is 6.61 Å². The first kappa shape index (κ1) is 16.2. The van der Waals surface area contributed by atoms with E-state index in [1.165, 1.54) is 0 Å². The van der Waals surface area contributed by atoms with Crippen LogP contribution in [-0.4, -0.2) is 25.6 Å². The molecule has 2 nitrogen and oxygen atoms in total. The minimum atomic E-state index is -1.80. The Labute approximate surface area is 114 Å². The van der Waals surface area contributed by atoms with Gasteiger partial charge >= 0.3 is 0 Å². The van der Waals surface area contributed by atoms with Gasteiger partial charge < -0.3 is 9.53 Å². The molecule has 0 saturated heterocycles. The molecule has 1 rings (SSSR count). The lowest BCUT2D eigenvalue weighted by Crippen LogP contribution is -2.50. The van der Waals surface area contributed by atoms with Crippen LogP contribution in [0.2, 0.25) is 16.6 Å². The first-order chi connectivity index (χ1) is 8.24. The molecular formula is C15H32O2Si. The third-order valence-corrected chi connectivity index (χ3v) is 10.9. The van der Waals surface area contributed by atoms with E-state index in [-0.39, 0.29) is 0 Å². The van der Waals surface area contributed by atoms with Crippen molar-refractivity contribution >= 4 is 8.32 Å². The molecule has 0 heterocycles. The molecule has 18 heavy (non-hydrogen) atoms. The average Bonchev–Trinajstić information content (AvgIpc) is 2.64. The van der Waals surface area contributed by atoms with Gasteiger partial charge in [0.2, 0.25) is 0 Å².